The van der Waals surface area contributed by atoms with Crippen LogP contribution in [0.2, 0.25) is 10.2 Å². The number of nitrogens with zero attached hydrogens (tertiary/aromatic N) is 2. The van der Waals surface area contributed by atoms with Gasteiger partial charge in [0, 0.05) is 23.0 Å². The lowest BCUT2D eigenvalue weighted by Crippen LogP contribution is -2.39. The highest BCUT2D eigenvalue weighted by Crippen LogP contribution is 2.68. The molecule has 6 heteroatoms. The summed E-state index contributed by atoms with van der Waals surface area (Å²) in [5, 5.41) is 4.97. The van der Waals surface area contributed by atoms with Gasteiger partial charge in [0.25, 0.3) is 0 Å². The fourth-order valence-electron chi connectivity index (χ4n) is 4.53. The van der Waals surface area contributed by atoms with Crippen molar-refractivity contribution in [1.29, 1.82) is 0 Å². The number of esters is 1. The molecule has 2 aliphatic rings. The van der Waals surface area contributed by atoms with E-state index in [1.807, 2.05) is 12.1 Å². The third-order valence-corrected chi connectivity index (χ3v) is 6.56. The molecule has 1 aromatic carbocycles. The van der Waals surface area contributed by atoms with Crippen LogP contribution < -0.4 is 0 Å². The number of ether oxygens (including phenoxy) is 1. The first-order valence-electron chi connectivity index (χ1n) is 7.99. The molecule has 0 radical (unpaired) electrons. The Hall–Kier alpha value is -1.52. The number of fused-ring (bicyclic) bond motifs is 5. The van der Waals surface area contributed by atoms with Gasteiger partial charge in [-0.15, -0.1) is 0 Å². The Morgan fingerprint density at radius 1 is 1.38 bits per heavy atom. The number of halogens is 2. The number of benzene rings is 1. The van der Waals surface area contributed by atoms with E-state index in [0.717, 1.165) is 18.4 Å². The second-order valence-corrected chi connectivity index (χ2v) is 8.03. The predicted molar refractivity (Wildman–Crippen MR) is 92.5 cm³/mol. The molecule has 2 unspecified atom stereocenters. The molecule has 0 aliphatic heterocycles. The molecule has 2 bridgehead atoms. The molecule has 4 nitrogen and oxygen atoms in total. The third-order valence-electron chi connectivity index (χ3n) is 5.88. The lowest BCUT2D eigenvalue weighted by Gasteiger charge is -2.38. The van der Waals surface area contributed by atoms with Crippen molar-refractivity contribution in [3.8, 4) is 0 Å². The highest BCUT2D eigenvalue weighted by Gasteiger charge is 2.64. The summed E-state index contributed by atoms with van der Waals surface area (Å²) in [6, 6.07) is 5.91. The molecule has 4 rings (SSSR count). The maximum absolute atomic E-state index is 12.8. The average molecular weight is 365 g/mol. The highest BCUT2D eigenvalue weighted by atomic mass is 35.5. The zero-order chi connectivity index (χ0) is 17.3. The van der Waals surface area contributed by atoms with E-state index in [9.17, 15) is 4.79 Å². The molecule has 0 spiro atoms. The molecule has 0 amide bonds. The Morgan fingerprint density at radius 3 is 2.79 bits per heavy atom. The fraction of sp³-hybridized carbons (Fsp3) is 0.444. The maximum atomic E-state index is 12.8. The molecule has 2 aliphatic carbocycles. The number of hydrogen-bond donors (Lipinski definition) is 0. The van der Waals surface area contributed by atoms with Crippen LogP contribution in [-0.4, -0.2) is 15.7 Å². The first kappa shape index (κ1) is 16.0. The second kappa shape index (κ2) is 4.99. The molecule has 0 N–H and O–H groups in total. The molecular weight excluding hydrogens is 347 g/mol. The standard InChI is InChI=1S/C18H18Cl2N2O2/c1-17(2)13-6-7-18(17,14-8-10(19)4-5-11(13)14)24-16(23)12-9-21-22(3)15(12)20/h4-5,8-9,13H,6-7H2,1-3H3. The molecule has 1 fully saturated rings. The van der Waals surface area contributed by atoms with Crippen molar-refractivity contribution >= 4 is 29.2 Å². The van der Waals surface area contributed by atoms with Crippen LogP contribution in [0.4, 0.5) is 0 Å². The van der Waals surface area contributed by atoms with E-state index >= 15 is 0 Å². The number of hydrogen-bond acceptors (Lipinski definition) is 3. The molecular formula is C18H18Cl2N2O2. The minimum atomic E-state index is -0.672. The Labute approximate surface area is 150 Å². The zero-order valence-corrected chi connectivity index (χ0v) is 15.3. The smallest absolute Gasteiger partial charge is 0.343 e. The van der Waals surface area contributed by atoms with Crippen LogP contribution in [0.25, 0.3) is 0 Å². The van der Waals surface area contributed by atoms with Crippen LogP contribution in [0.1, 0.15) is 54.1 Å². The number of carbonyl (C=O) groups excluding carboxylic acids is 1. The molecule has 1 heterocycles. The van der Waals surface area contributed by atoms with Gasteiger partial charge in [0.2, 0.25) is 0 Å². The van der Waals surface area contributed by atoms with E-state index in [0.29, 0.717) is 16.5 Å². The number of aromatic nitrogens is 2. The molecule has 0 saturated heterocycles. The first-order valence-corrected chi connectivity index (χ1v) is 8.74. The van der Waals surface area contributed by atoms with Crippen molar-refractivity contribution in [3.05, 3.63) is 51.3 Å². The van der Waals surface area contributed by atoms with Crippen molar-refractivity contribution in [2.45, 2.75) is 38.2 Å². The average Bonchev–Trinajstić information content (AvgIpc) is 3.04. The lowest BCUT2D eigenvalue weighted by molar-refractivity contribution is -0.0682. The van der Waals surface area contributed by atoms with Crippen LogP contribution in [0.15, 0.2) is 24.4 Å². The Bertz CT molecular complexity index is 859. The monoisotopic (exact) mass is 364 g/mol. The molecule has 126 valence electrons. The van der Waals surface area contributed by atoms with Gasteiger partial charge in [0.15, 0.2) is 0 Å². The topological polar surface area (TPSA) is 44.1 Å². The molecule has 2 atom stereocenters. The molecule has 24 heavy (non-hydrogen) atoms. The van der Waals surface area contributed by atoms with Gasteiger partial charge in [-0.05, 0) is 36.5 Å². The number of carbonyl (C=O) groups is 1. The van der Waals surface area contributed by atoms with Gasteiger partial charge in [0.05, 0.1) is 6.20 Å². The highest BCUT2D eigenvalue weighted by molar-refractivity contribution is 6.32. The van der Waals surface area contributed by atoms with E-state index in [-0.39, 0.29) is 10.6 Å². The van der Waals surface area contributed by atoms with Crippen LogP contribution in [-0.2, 0) is 17.4 Å². The summed E-state index contributed by atoms with van der Waals surface area (Å²) < 4.78 is 7.59. The van der Waals surface area contributed by atoms with Crippen molar-refractivity contribution in [3.63, 3.8) is 0 Å². The summed E-state index contributed by atoms with van der Waals surface area (Å²) in [5.74, 6) is -0.0726. The summed E-state index contributed by atoms with van der Waals surface area (Å²) >= 11 is 12.4. The summed E-state index contributed by atoms with van der Waals surface area (Å²) in [6.45, 7) is 4.33. The zero-order valence-electron chi connectivity index (χ0n) is 13.8. The predicted octanol–water partition coefficient (Wildman–Crippen LogP) is 4.70. The van der Waals surface area contributed by atoms with Gasteiger partial charge in [0.1, 0.15) is 16.3 Å². The van der Waals surface area contributed by atoms with E-state index in [4.69, 9.17) is 27.9 Å². The minimum Gasteiger partial charge on any atom is -0.450 e. The quantitative estimate of drug-likeness (QED) is 0.725. The largest absolute Gasteiger partial charge is 0.450 e. The first-order chi connectivity index (χ1) is 11.3. The minimum absolute atomic E-state index is 0.190. The Balaban J connectivity index is 1.80. The summed E-state index contributed by atoms with van der Waals surface area (Å²) in [7, 11) is 1.69. The van der Waals surface area contributed by atoms with Crippen molar-refractivity contribution in [2.75, 3.05) is 0 Å². The van der Waals surface area contributed by atoms with Gasteiger partial charge >= 0.3 is 5.97 Å². The normalized spacial score (nSPS) is 26.5. The van der Waals surface area contributed by atoms with Crippen molar-refractivity contribution < 1.29 is 9.53 Å². The molecule has 1 aromatic heterocycles. The van der Waals surface area contributed by atoms with Crippen molar-refractivity contribution in [1.82, 2.24) is 9.78 Å². The summed E-state index contributed by atoms with van der Waals surface area (Å²) in [5.41, 5.74) is 1.70. The van der Waals surface area contributed by atoms with E-state index in [2.05, 4.69) is 25.0 Å². The van der Waals surface area contributed by atoms with E-state index in [1.54, 1.807) is 7.05 Å². The van der Waals surface area contributed by atoms with Gasteiger partial charge in [-0.25, -0.2) is 4.79 Å². The Morgan fingerprint density at radius 2 is 2.12 bits per heavy atom. The molecule has 1 saturated carbocycles. The van der Waals surface area contributed by atoms with Crippen LogP contribution in [0, 0.1) is 5.41 Å². The van der Waals surface area contributed by atoms with Gasteiger partial charge in [-0.1, -0.05) is 43.1 Å². The fourth-order valence-corrected chi connectivity index (χ4v) is 4.87. The third kappa shape index (κ3) is 1.87. The Kier molecular flexibility index (Phi) is 3.32. The van der Waals surface area contributed by atoms with Crippen LogP contribution >= 0.6 is 23.2 Å². The van der Waals surface area contributed by atoms with Crippen LogP contribution in [0.5, 0.6) is 0 Å². The SMILES string of the molecule is Cn1ncc(C(=O)OC23CCC(c4ccc(Cl)cc42)C3(C)C)c1Cl. The van der Waals surface area contributed by atoms with Gasteiger partial charge in [-0.2, -0.15) is 5.10 Å². The van der Waals surface area contributed by atoms with Crippen molar-refractivity contribution in [2.24, 2.45) is 12.5 Å². The van der Waals surface area contributed by atoms with Crippen LogP contribution in [0.3, 0.4) is 0 Å². The molecule has 2 aromatic rings. The van der Waals surface area contributed by atoms with E-state index in [1.165, 1.54) is 16.4 Å². The van der Waals surface area contributed by atoms with E-state index < -0.39 is 11.6 Å². The van der Waals surface area contributed by atoms with Gasteiger partial charge < -0.3 is 4.74 Å². The maximum Gasteiger partial charge on any atom is 0.343 e. The number of aryl methyl sites for hydroxylation is 1. The second-order valence-electron chi connectivity index (χ2n) is 7.23. The van der Waals surface area contributed by atoms with Gasteiger partial charge in [-0.3, -0.25) is 4.68 Å². The lowest BCUT2D eigenvalue weighted by atomic mass is 9.76. The number of rotatable bonds is 2. The summed E-state index contributed by atoms with van der Waals surface area (Å²) in [6.07, 6.45) is 3.24. The summed E-state index contributed by atoms with van der Waals surface area (Å²) in [4.78, 5) is 12.8.